The standard InChI is InChI=1S/C19H25N3O4/c1-24-16-8-15(9-17(10-16)25-2)21-14-3-5-22(6-4-14)19(23)13-7-18(11-20)26-12-13/h7-10,12,14,21H,3-6,11,20H2,1-2H3. The zero-order valence-corrected chi connectivity index (χ0v) is 15.2. The van der Waals surface area contributed by atoms with Crippen LogP contribution in [-0.4, -0.2) is 44.2 Å². The Bertz CT molecular complexity index is 729. The van der Waals surface area contributed by atoms with E-state index in [-0.39, 0.29) is 5.91 Å². The van der Waals surface area contributed by atoms with E-state index in [1.165, 1.54) is 6.26 Å². The molecule has 3 rings (SSSR count). The molecule has 7 heteroatoms. The van der Waals surface area contributed by atoms with E-state index < -0.39 is 0 Å². The summed E-state index contributed by atoms with van der Waals surface area (Å²) in [7, 11) is 3.27. The van der Waals surface area contributed by atoms with Crippen LogP contribution in [0.2, 0.25) is 0 Å². The Morgan fingerprint density at radius 1 is 1.19 bits per heavy atom. The summed E-state index contributed by atoms with van der Waals surface area (Å²) in [5.74, 6) is 2.11. The molecule has 0 saturated carbocycles. The third-order valence-electron chi connectivity index (χ3n) is 4.61. The summed E-state index contributed by atoms with van der Waals surface area (Å²) in [6.45, 7) is 1.69. The van der Waals surface area contributed by atoms with E-state index in [0.717, 1.165) is 30.0 Å². The Hall–Kier alpha value is -2.67. The molecule has 0 aliphatic carbocycles. The monoisotopic (exact) mass is 359 g/mol. The number of ether oxygens (including phenoxy) is 2. The van der Waals surface area contributed by atoms with E-state index in [1.807, 2.05) is 23.1 Å². The van der Waals surface area contributed by atoms with Crippen LogP contribution >= 0.6 is 0 Å². The van der Waals surface area contributed by atoms with Crippen LogP contribution in [0.25, 0.3) is 0 Å². The van der Waals surface area contributed by atoms with E-state index in [4.69, 9.17) is 19.6 Å². The number of amides is 1. The van der Waals surface area contributed by atoms with Crippen molar-refractivity contribution in [2.24, 2.45) is 5.73 Å². The Morgan fingerprint density at radius 2 is 1.85 bits per heavy atom. The molecule has 1 saturated heterocycles. The summed E-state index contributed by atoms with van der Waals surface area (Å²) in [4.78, 5) is 14.4. The van der Waals surface area contributed by atoms with Crippen LogP contribution < -0.4 is 20.5 Å². The fourth-order valence-corrected chi connectivity index (χ4v) is 3.14. The summed E-state index contributed by atoms with van der Waals surface area (Å²) in [6.07, 6.45) is 3.22. The minimum Gasteiger partial charge on any atom is -0.497 e. The number of nitrogens with one attached hydrogen (secondary N) is 1. The summed E-state index contributed by atoms with van der Waals surface area (Å²) in [5.41, 5.74) is 7.05. The number of furan rings is 1. The van der Waals surface area contributed by atoms with Gasteiger partial charge in [-0.05, 0) is 18.9 Å². The van der Waals surface area contributed by atoms with Gasteiger partial charge in [0.25, 0.3) is 5.91 Å². The molecule has 2 aromatic rings. The lowest BCUT2D eigenvalue weighted by atomic mass is 10.0. The zero-order chi connectivity index (χ0) is 18.5. The highest BCUT2D eigenvalue weighted by Crippen LogP contribution is 2.27. The number of likely N-dealkylation sites (tertiary alicyclic amines) is 1. The molecule has 1 aliphatic heterocycles. The fourth-order valence-electron chi connectivity index (χ4n) is 3.14. The molecule has 1 aromatic heterocycles. The Morgan fingerprint density at radius 3 is 2.38 bits per heavy atom. The Kier molecular flexibility index (Phi) is 5.68. The number of carbonyl (C=O) groups is 1. The lowest BCUT2D eigenvalue weighted by Crippen LogP contribution is -2.42. The third kappa shape index (κ3) is 4.11. The molecule has 1 amide bonds. The van der Waals surface area contributed by atoms with Crippen molar-refractivity contribution in [3.63, 3.8) is 0 Å². The van der Waals surface area contributed by atoms with Gasteiger partial charge in [0.15, 0.2) is 0 Å². The predicted octanol–water partition coefficient (Wildman–Crippen LogP) is 2.47. The fraction of sp³-hybridized carbons (Fsp3) is 0.421. The van der Waals surface area contributed by atoms with Crippen LogP contribution in [0.3, 0.4) is 0 Å². The van der Waals surface area contributed by atoms with Gasteiger partial charge in [-0.15, -0.1) is 0 Å². The number of piperidine rings is 1. The number of carbonyl (C=O) groups excluding carboxylic acids is 1. The first-order valence-corrected chi connectivity index (χ1v) is 8.69. The molecule has 0 atom stereocenters. The molecule has 0 unspecified atom stereocenters. The van der Waals surface area contributed by atoms with Gasteiger partial charge >= 0.3 is 0 Å². The molecular formula is C19H25N3O4. The summed E-state index contributed by atoms with van der Waals surface area (Å²) < 4.78 is 15.9. The minimum atomic E-state index is -0.00468. The van der Waals surface area contributed by atoms with Crippen LogP contribution in [-0.2, 0) is 6.54 Å². The van der Waals surface area contributed by atoms with Gasteiger partial charge in [-0.3, -0.25) is 4.79 Å². The highest BCUT2D eigenvalue weighted by molar-refractivity contribution is 5.94. The molecular weight excluding hydrogens is 334 g/mol. The van der Waals surface area contributed by atoms with Crippen molar-refractivity contribution in [1.82, 2.24) is 4.90 Å². The second kappa shape index (κ2) is 8.14. The molecule has 140 valence electrons. The van der Waals surface area contributed by atoms with Crippen molar-refractivity contribution in [2.45, 2.75) is 25.4 Å². The average Bonchev–Trinajstić information content (AvgIpc) is 3.17. The van der Waals surface area contributed by atoms with Crippen LogP contribution in [0.5, 0.6) is 11.5 Å². The second-order valence-electron chi connectivity index (χ2n) is 6.32. The van der Waals surface area contributed by atoms with Crippen molar-refractivity contribution < 1.29 is 18.7 Å². The normalized spacial score (nSPS) is 15.0. The number of nitrogens with two attached hydrogens (primary N) is 1. The maximum Gasteiger partial charge on any atom is 0.257 e. The lowest BCUT2D eigenvalue weighted by Gasteiger charge is -2.32. The minimum absolute atomic E-state index is 0.00468. The van der Waals surface area contributed by atoms with Gasteiger partial charge in [0.2, 0.25) is 0 Å². The average molecular weight is 359 g/mol. The molecule has 26 heavy (non-hydrogen) atoms. The van der Waals surface area contributed by atoms with E-state index in [2.05, 4.69) is 5.32 Å². The van der Waals surface area contributed by atoms with Gasteiger partial charge < -0.3 is 29.8 Å². The molecule has 7 nitrogen and oxygen atoms in total. The van der Waals surface area contributed by atoms with E-state index in [9.17, 15) is 4.79 Å². The van der Waals surface area contributed by atoms with Crippen molar-refractivity contribution in [1.29, 1.82) is 0 Å². The molecule has 1 fully saturated rings. The molecule has 0 bridgehead atoms. The lowest BCUT2D eigenvalue weighted by molar-refractivity contribution is 0.0718. The van der Waals surface area contributed by atoms with Gasteiger partial charge in [0.1, 0.15) is 23.5 Å². The SMILES string of the molecule is COc1cc(NC2CCN(C(=O)c3coc(CN)c3)CC2)cc(OC)c1. The molecule has 0 spiro atoms. The van der Waals surface area contributed by atoms with Crippen molar-refractivity contribution in [3.8, 4) is 11.5 Å². The van der Waals surface area contributed by atoms with Crippen molar-refractivity contribution in [2.75, 3.05) is 32.6 Å². The third-order valence-corrected chi connectivity index (χ3v) is 4.61. The smallest absolute Gasteiger partial charge is 0.257 e. The second-order valence-corrected chi connectivity index (χ2v) is 6.32. The van der Waals surface area contributed by atoms with E-state index >= 15 is 0 Å². The van der Waals surface area contributed by atoms with Crippen LogP contribution in [0.15, 0.2) is 34.9 Å². The van der Waals surface area contributed by atoms with Crippen molar-refractivity contribution >= 4 is 11.6 Å². The van der Waals surface area contributed by atoms with Crippen LogP contribution in [0.1, 0.15) is 29.0 Å². The van der Waals surface area contributed by atoms with Gasteiger partial charge in [-0.2, -0.15) is 0 Å². The first kappa shape index (κ1) is 18.1. The number of nitrogens with zero attached hydrogens (tertiary/aromatic N) is 1. The quantitative estimate of drug-likeness (QED) is 0.823. The summed E-state index contributed by atoms with van der Waals surface area (Å²) in [5, 5.41) is 3.51. The van der Waals surface area contributed by atoms with E-state index in [0.29, 0.717) is 37.0 Å². The summed E-state index contributed by atoms with van der Waals surface area (Å²) in [6, 6.07) is 7.74. The van der Waals surface area contributed by atoms with E-state index in [1.54, 1.807) is 20.3 Å². The van der Waals surface area contributed by atoms with Gasteiger partial charge in [0, 0.05) is 43.0 Å². The number of rotatable bonds is 6. The van der Waals surface area contributed by atoms with Crippen LogP contribution in [0, 0.1) is 0 Å². The van der Waals surface area contributed by atoms with Crippen LogP contribution in [0.4, 0.5) is 5.69 Å². The maximum atomic E-state index is 12.5. The van der Waals surface area contributed by atoms with Gasteiger partial charge in [-0.1, -0.05) is 0 Å². The van der Waals surface area contributed by atoms with Crippen molar-refractivity contribution in [3.05, 3.63) is 41.9 Å². The first-order chi connectivity index (χ1) is 12.6. The van der Waals surface area contributed by atoms with Gasteiger partial charge in [0.05, 0.1) is 26.3 Å². The number of methoxy groups -OCH3 is 2. The molecule has 2 heterocycles. The molecule has 1 aliphatic rings. The number of benzene rings is 1. The number of hydrogen-bond acceptors (Lipinski definition) is 6. The maximum absolute atomic E-state index is 12.5. The number of hydrogen-bond donors (Lipinski definition) is 2. The molecule has 0 radical (unpaired) electrons. The predicted molar refractivity (Wildman–Crippen MR) is 98.7 cm³/mol. The molecule has 3 N–H and O–H groups in total. The largest absolute Gasteiger partial charge is 0.497 e. The Labute approximate surface area is 153 Å². The first-order valence-electron chi connectivity index (χ1n) is 8.69. The number of anilines is 1. The molecule has 1 aromatic carbocycles. The summed E-state index contributed by atoms with van der Waals surface area (Å²) >= 11 is 0. The highest BCUT2D eigenvalue weighted by atomic mass is 16.5. The Balaban J connectivity index is 1.57. The zero-order valence-electron chi connectivity index (χ0n) is 15.2. The van der Waals surface area contributed by atoms with Gasteiger partial charge in [-0.25, -0.2) is 0 Å². The highest BCUT2D eigenvalue weighted by Gasteiger charge is 2.24. The topological polar surface area (TPSA) is 90.0 Å².